The highest BCUT2D eigenvalue weighted by Crippen LogP contribution is 2.16. The van der Waals surface area contributed by atoms with Crippen molar-refractivity contribution in [3.05, 3.63) is 42.3 Å². The van der Waals surface area contributed by atoms with Gasteiger partial charge in [-0.05, 0) is 17.7 Å². The molecule has 1 heterocycles. The Kier molecular flexibility index (Phi) is 2.10. The van der Waals surface area contributed by atoms with E-state index in [1.807, 2.05) is 24.3 Å². The second-order valence-electron chi connectivity index (χ2n) is 2.74. The van der Waals surface area contributed by atoms with Gasteiger partial charge in [0.2, 0.25) is 5.89 Å². The molecule has 0 fully saturated rings. The van der Waals surface area contributed by atoms with E-state index < -0.39 is 0 Å². The molecule has 1 aromatic heterocycles. The molecule has 2 rings (SSSR count). The molecule has 0 aliphatic heterocycles. The number of rotatable bonds is 2. The lowest BCUT2D eigenvalue weighted by Crippen LogP contribution is -1.95. The summed E-state index contributed by atoms with van der Waals surface area (Å²) in [7, 11) is 0. The zero-order valence-electron chi connectivity index (χ0n) is 7.10. The SMILES string of the molecule is NCc1ccc(-c2ncco2)cc1. The minimum absolute atomic E-state index is 0.561. The van der Waals surface area contributed by atoms with Crippen LogP contribution >= 0.6 is 0 Å². The van der Waals surface area contributed by atoms with Gasteiger partial charge in [-0.25, -0.2) is 4.98 Å². The third kappa shape index (κ3) is 1.60. The average molecular weight is 174 g/mol. The molecule has 0 aliphatic rings. The minimum atomic E-state index is 0.561. The van der Waals surface area contributed by atoms with Crippen LogP contribution in [0.15, 0.2) is 41.1 Å². The average Bonchev–Trinajstić information content (AvgIpc) is 2.71. The van der Waals surface area contributed by atoms with E-state index in [-0.39, 0.29) is 0 Å². The van der Waals surface area contributed by atoms with Crippen molar-refractivity contribution in [1.82, 2.24) is 4.98 Å². The number of hydrogen-bond acceptors (Lipinski definition) is 3. The normalized spacial score (nSPS) is 10.2. The van der Waals surface area contributed by atoms with Gasteiger partial charge < -0.3 is 10.2 Å². The molecule has 3 nitrogen and oxygen atoms in total. The maximum atomic E-state index is 5.48. The molecule has 0 atom stereocenters. The van der Waals surface area contributed by atoms with Crippen LogP contribution in [0.1, 0.15) is 5.56 Å². The number of nitrogens with zero attached hydrogens (tertiary/aromatic N) is 1. The fraction of sp³-hybridized carbons (Fsp3) is 0.100. The first kappa shape index (κ1) is 8.01. The van der Waals surface area contributed by atoms with Crippen molar-refractivity contribution >= 4 is 0 Å². The lowest BCUT2D eigenvalue weighted by atomic mass is 10.1. The Labute approximate surface area is 76.2 Å². The van der Waals surface area contributed by atoms with Crippen LogP contribution in [0.25, 0.3) is 11.5 Å². The molecule has 2 aromatic rings. The number of aromatic nitrogens is 1. The summed E-state index contributed by atoms with van der Waals surface area (Å²) < 4.78 is 5.15. The molecule has 66 valence electrons. The lowest BCUT2D eigenvalue weighted by molar-refractivity contribution is 0.574. The summed E-state index contributed by atoms with van der Waals surface area (Å²) in [5.74, 6) is 0.642. The molecule has 0 spiro atoms. The molecule has 3 heteroatoms. The zero-order chi connectivity index (χ0) is 9.10. The van der Waals surface area contributed by atoms with Crippen LogP contribution < -0.4 is 5.73 Å². The van der Waals surface area contributed by atoms with Gasteiger partial charge in [0.05, 0.1) is 6.20 Å². The maximum Gasteiger partial charge on any atom is 0.225 e. The number of benzene rings is 1. The third-order valence-electron chi connectivity index (χ3n) is 1.87. The van der Waals surface area contributed by atoms with E-state index in [1.165, 1.54) is 0 Å². The summed E-state index contributed by atoms with van der Waals surface area (Å²) >= 11 is 0. The van der Waals surface area contributed by atoms with Crippen LogP contribution in [-0.2, 0) is 6.54 Å². The Morgan fingerprint density at radius 2 is 2.00 bits per heavy atom. The van der Waals surface area contributed by atoms with Crippen LogP contribution in [0, 0.1) is 0 Å². The van der Waals surface area contributed by atoms with Gasteiger partial charge in [-0.1, -0.05) is 12.1 Å². The molecule has 0 bridgehead atoms. The molecule has 0 saturated heterocycles. The smallest absolute Gasteiger partial charge is 0.225 e. The molecule has 0 aliphatic carbocycles. The molecule has 0 radical (unpaired) electrons. The second-order valence-corrected chi connectivity index (χ2v) is 2.74. The van der Waals surface area contributed by atoms with Crippen molar-refractivity contribution < 1.29 is 4.42 Å². The first-order chi connectivity index (χ1) is 6.40. The highest BCUT2D eigenvalue weighted by molar-refractivity contribution is 5.53. The van der Waals surface area contributed by atoms with E-state index in [4.69, 9.17) is 10.2 Å². The van der Waals surface area contributed by atoms with E-state index in [9.17, 15) is 0 Å². The van der Waals surface area contributed by atoms with E-state index in [1.54, 1.807) is 12.5 Å². The maximum absolute atomic E-state index is 5.48. The van der Waals surface area contributed by atoms with Gasteiger partial charge in [0.25, 0.3) is 0 Å². The van der Waals surface area contributed by atoms with Crippen molar-refractivity contribution in [3.63, 3.8) is 0 Å². The predicted molar refractivity (Wildman–Crippen MR) is 49.8 cm³/mol. The Balaban J connectivity index is 2.33. The predicted octanol–water partition coefficient (Wildman–Crippen LogP) is 1.80. The first-order valence-corrected chi connectivity index (χ1v) is 4.09. The number of nitrogens with two attached hydrogens (primary N) is 1. The topological polar surface area (TPSA) is 52.0 Å². The van der Waals surface area contributed by atoms with Gasteiger partial charge in [-0.3, -0.25) is 0 Å². The third-order valence-corrected chi connectivity index (χ3v) is 1.87. The molecular weight excluding hydrogens is 164 g/mol. The molecule has 0 unspecified atom stereocenters. The van der Waals surface area contributed by atoms with Crippen LogP contribution in [0.5, 0.6) is 0 Å². The minimum Gasteiger partial charge on any atom is -0.445 e. The van der Waals surface area contributed by atoms with E-state index >= 15 is 0 Å². The highest BCUT2D eigenvalue weighted by Gasteiger charge is 2.00. The van der Waals surface area contributed by atoms with Crippen LogP contribution in [0.4, 0.5) is 0 Å². The summed E-state index contributed by atoms with van der Waals surface area (Å²) in [5, 5.41) is 0. The summed E-state index contributed by atoms with van der Waals surface area (Å²) in [6, 6.07) is 7.85. The largest absolute Gasteiger partial charge is 0.445 e. The van der Waals surface area contributed by atoms with Gasteiger partial charge in [0, 0.05) is 12.1 Å². The molecule has 0 saturated carbocycles. The van der Waals surface area contributed by atoms with Gasteiger partial charge in [-0.15, -0.1) is 0 Å². The summed E-state index contributed by atoms with van der Waals surface area (Å²) in [6.45, 7) is 0.561. The second kappa shape index (κ2) is 3.41. The summed E-state index contributed by atoms with van der Waals surface area (Å²) in [4.78, 5) is 4.04. The first-order valence-electron chi connectivity index (χ1n) is 4.09. The highest BCUT2D eigenvalue weighted by atomic mass is 16.3. The fourth-order valence-electron chi connectivity index (χ4n) is 1.15. The zero-order valence-corrected chi connectivity index (χ0v) is 7.10. The fourth-order valence-corrected chi connectivity index (χ4v) is 1.15. The lowest BCUT2D eigenvalue weighted by Gasteiger charge is -1.97. The van der Waals surface area contributed by atoms with Crippen molar-refractivity contribution in [1.29, 1.82) is 0 Å². The van der Waals surface area contributed by atoms with Crippen LogP contribution in [0.2, 0.25) is 0 Å². The quantitative estimate of drug-likeness (QED) is 0.755. The van der Waals surface area contributed by atoms with Gasteiger partial charge in [0.1, 0.15) is 6.26 Å². The molecule has 0 amide bonds. The number of hydrogen-bond donors (Lipinski definition) is 1. The van der Waals surface area contributed by atoms with Crippen molar-refractivity contribution in [2.75, 3.05) is 0 Å². The Bertz CT molecular complexity index is 364. The van der Waals surface area contributed by atoms with Crippen molar-refractivity contribution in [2.45, 2.75) is 6.54 Å². The van der Waals surface area contributed by atoms with Gasteiger partial charge >= 0.3 is 0 Å². The van der Waals surface area contributed by atoms with Crippen LogP contribution in [0.3, 0.4) is 0 Å². The van der Waals surface area contributed by atoms with Crippen molar-refractivity contribution in [2.24, 2.45) is 5.73 Å². The monoisotopic (exact) mass is 174 g/mol. The molecular formula is C10H10N2O. The van der Waals surface area contributed by atoms with Crippen molar-refractivity contribution in [3.8, 4) is 11.5 Å². The Morgan fingerprint density at radius 1 is 1.23 bits per heavy atom. The standard InChI is InChI=1S/C10H10N2O/c11-7-8-1-3-9(4-2-8)10-12-5-6-13-10/h1-6H,7,11H2. The van der Waals surface area contributed by atoms with E-state index in [0.717, 1.165) is 11.1 Å². The van der Waals surface area contributed by atoms with E-state index in [2.05, 4.69) is 4.98 Å². The van der Waals surface area contributed by atoms with Gasteiger partial charge in [0.15, 0.2) is 0 Å². The van der Waals surface area contributed by atoms with Gasteiger partial charge in [-0.2, -0.15) is 0 Å². The molecule has 13 heavy (non-hydrogen) atoms. The Hall–Kier alpha value is -1.61. The van der Waals surface area contributed by atoms with E-state index in [0.29, 0.717) is 12.4 Å². The Morgan fingerprint density at radius 3 is 2.54 bits per heavy atom. The summed E-state index contributed by atoms with van der Waals surface area (Å²) in [5.41, 5.74) is 7.56. The molecule has 1 aromatic carbocycles. The van der Waals surface area contributed by atoms with Crippen LogP contribution in [-0.4, -0.2) is 4.98 Å². The number of oxazole rings is 1. The summed E-state index contributed by atoms with van der Waals surface area (Å²) in [6.07, 6.45) is 3.19. The molecule has 2 N–H and O–H groups in total.